The van der Waals surface area contributed by atoms with Crippen molar-refractivity contribution in [2.45, 2.75) is 0 Å². The molecule has 1 aromatic carbocycles. The molecule has 2 aromatic heterocycles. The molecule has 0 spiro atoms. The first-order chi connectivity index (χ1) is 8.65. The summed E-state index contributed by atoms with van der Waals surface area (Å²) in [6.45, 7) is 0. The summed E-state index contributed by atoms with van der Waals surface area (Å²) in [5, 5.41) is 0.493. The Labute approximate surface area is 105 Å². The van der Waals surface area contributed by atoms with Crippen molar-refractivity contribution in [3.8, 4) is 11.5 Å². The van der Waals surface area contributed by atoms with Gasteiger partial charge >= 0.3 is 0 Å². The van der Waals surface area contributed by atoms with Crippen molar-refractivity contribution >= 4 is 22.6 Å². The maximum absolute atomic E-state index is 13.5. The highest BCUT2D eigenvalue weighted by atomic mass is 35.5. The Balaban J connectivity index is 2.19. The number of halogens is 3. The Morgan fingerprint density at radius 3 is 2.67 bits per heavy atom. The van der Waals surface area contributed by atoms with Gasteiger partial charge in [-0.2, -0.15) is 0 Å². The van der Waals surface area contributed by atoms with E-state index in [1.807, 2.05) is 0 Å². The monoisotopic (exact) mass is 265 g/mol. The number of fused-ring (bicyclic) bond motifs is 1. The summed E-state index contributed by atoms with van der Waals surface area (Å²) in [6.07, 6.45) is 1.46. The molecular weight excluding hydrogens is 260 g/mol. The molecule has 0 amide bonds. The van der Waals surface area contributed by atoms with Crippen LogP contribution in [0.2, 0.25) is 5.02 Å². The van der Waals surface area contributed by atoms with Gasteiger partial charge in [-0.3, -0.25) is 4.98 Å². The molecule has 0 fully saturated rings. The number of H-pyrrole nitrogens is 1. The Kier molecular flexibility index (Phi) is 2.48. The van der Waals surface area contributed by atoms with Gasteiger partial charge in [0.05, 0.1) is 10.5 Å². The molecule has 3 rings (SSSR count). The zero-order chi connectivity index (χ0) is 12.7. The average Bonchev–Trinajstić information content (AvgIpc) is 2.80. The average molecular weight is 266 g/mol. The SMILES string of the molecule is Fc1ccc2[nH]c(-c3ccc(Cl)cn3)nc2c1F. The van der Waals surface area contributed by atoms with E-state index in [9.17, 15) is 8.78 Å². The van der Waals surface area contributed by atoms with Gasteiger partial charge in [0, 0.05) is 6.20 Å². The first kappa shape index (κ1) is 11.1. The maximum atomic E-state index is 13.5. The number of nitrogens with zero attached hydrogens (tertiary/aromatic N) is 2. The molecule has 90 valence electrons. The lowest BCUT2D eigenvalue weighted by Gasteiger charge is -1.94. The van der Waals surface area contributed by atoms with Crippen LogP contribution in [0.4, 0.5) is 8.78 Å². The van der Waals surface area contributed by atoms with Crippen molar-refractivity contribution in [2.24, 2.45) is 0 Å². The van der Waals surface area contributed by atoms with Gasteiger partial charge in [-0.15, -0.1) is 0 Å². The fourth-order valence-electron chi connectivity index (χ4n) is 1.65. The van der Waals surface area contributed by atoms with E-state index in [0.29, 0.717) is 22.1 Å². The molecule has 0 aliphatic carbocycles. The van der Waals surface area contributed by atoms with Crippen molar-refractivity contribution in [1.82, 2.24) is 15.0 Å². The maximum Gasteiger partial charge on any atom is 0.186 e. The van der Waals surface area contributed by atoms with Gasteiger partial charge in [-0.05, 0) is 24.3 Å². The van der Waals surface area contributed by atoms with E-state index in [4.69, 9.17) is 11.6 Å². The van der Waals surface area contributed by atoms with E-state index in [1.165, 1.54) is 12.3 Å². The number of imidazole rings is 1. The number of nitrogens with one attached hydrogen (secondary N) is 1. The number of aromatic nitrogens is 3. The second-order valence-corrected chi connectivity index (χ2v) is 4.14. The molecule has 0 bridgehead atoms. The number of pyridine rings is 1. The van der Waals surface area contributed by atoms with Gasteiger partial charge in [0.25, 0.3) is 0 Å². The Morgan fingerprint density at radius 2 is 1.94 bits per heavy atom. The lowest BCUT2D eigenvalue weighted by Crippen LogP contribution is -1.85. The highest BCUT2D eigenvalue weighted by Gasteiger charge is 2.13. The van der Waals surface area contributed by atoms with E-state index < -0.39 is 11.6 Å². The van der Waals surface area contributed by atoms with Crippen LogP contribution >= 0.6 is 11.6 Å². The third-order valence-electron chi connectivity index (χ3n) is 2.52. The zero-order valence-electron chi connectivity index (χ0n) is 8.92. The fourth-order valence-corrected chi connectivity index (χ4v) is 1.77. The summed E-state index contributed by atoms with van der Waals surface area (Å²) >= 11 is 5.72. The summed E-state index contributed by atoms with van der Waals surface area (Å²) in [4.78, 5) is 10.9. The number of hydrogen-bond acceptors (Lipinski definition) is 2. The Hall–Kier alpha value is -2.01. The summed E-state index contributed by atoms with van der Waals surface area (Å²) in [5.74, 6) is -1.53. The van der Waals surface area contributed by atoms with E-state index in [2.05, 4.69) is 15.0 Å². The van der Waals surface area contributed by atoms with Gasteiger partial charge in [0.1, 0.15) is 11.2 Å². The van der Waals surface area contributed by atoms with Crippen LogP contribution in [0.15, 0.2) is 30.5 Å². The quantitative estimate of drug-likeness (QED) is 0.731. The lowest BCUT2D eigenvalue weighted by molar-refractivity contribution is 0.515. The molecule has 0 aliphatic heterocycles. The molecule has 0 saturated heterocycles. The summed E-state index contributed by atoms with van der Waals surface area (Å²) < 4.78 is 26.5. The molecule has 0 unspecified atom stereocenters. The predicted molar refractivity (Wildman–Crippen MR) is 64.3 cm³/mol. The summed E-state index contributed by atoms with van der Waals surface area (Å²) in [7, 11) is 0. The number of aromatic amines is 1. The molecule has 0 atom stereocenters. The molecular formula is C12H6ClF2N3. The normalized spacial score (nSPS) is 11.1. The largest absolute Gasteiger partial charge is 0.337 e. The van der Waals surface area contributed by atoms with Gasteiger partial charge in [0.2, 0.25) is 0 Å². The first-order valence-electron chi connectivity index (χ1n) is 5.11. The molecule has 3 nitrogen and oxygen atoms in total. The topological polar surface area (TPSA) is 41.6 Å². The number of benzene rings is 1. The summed E-state index contributed by atoms with van der Waals surface area (Å²) in [6, 6.07) is 5.78. The molecule has 1 N–H and O–H groups in total. The predicted octanol–water partition coefficient (Wildman–Crippen LogP) is 3.56. The van der Waals surface area contributed by atoms with Crippen LogP contribution in [0.3, 0.4) is 0 Å². The minimum atomic E-state index is -0.969. The second kappa shape index (κ2) is 4.03. The highest BCUT2D eigenvalue weighted by Crippen LogP contribution is 2.23. The molecule has 2 heterocycles. The van der Waals surface area contributed by atoms with Crippen molar-refractivity contribution in [2.75, 3.05) is 0 Å². The van der Waals surface area contributed by atoms with E-state index >= 15 is 0 Å². The van der Waals surface area contributed by atoms with Gasteiger partial charge in [-0.1, -0.05) is 11.6 Å². The van der Waals surface area contributed by atoms with Crippen LogP contribution in [0, 0.1) is 11.6 Å². The van der Waals surface area contributed by atoms with Crippen LogP contribution < -0.4 is 0 Å². The Morgan fingerprint density at radius 1 is 1.11 bits per heavy atom. The van der Waals surface area contributed by atoms with Crippen molar-refractivity contribution in [3.63, 3.8) is 0 Å². The van der Waals surface area contributed by atoms with Gasteiger partial charge in [-0.25, -0.2) is 13.8 Å². The van der Waals surface area contributed by atoms with Crippen LogP contribution in [-0.4, -0.2) is 15.0 Å². The van der Waals surface area contributed by atoms with Gasteiger partial charge < -0.3 is 4.98 Å². The van der Waals surface area contributed by atoms with Crippen molar-refractivity contribution < 1.29 is 8.78 Å². The minimum Gasteiger partial charge on any atom is -0.337 e. The summed E-state index contributed by atoms with van der Waals surface area (Å²) in [5.41, 5.74) is 0.887. The number of rotatable bonds is 1. The van der Waals surface area contributed by atoms with E-state index in [0.717, 1.165) is 6.07 Å². The van der Waals surface area contributed by atoms with E-state index in [1.54, 1.807) is 12.1 Å². The minimum absolute atomic E-state index is 0.0400. The smallest absolute Gasteiger partial charge is 0.186 e. The van der Waals surface area contributed by atoms with Crippen LogP contribution in [0.5, 0.6) is 0 Å². The molecule has 18 heavy (non-hydrogen) atoms. The zero-order valence-corrected chi connectivity index (χ0v) is 9.67. The van der Waals surface area contributed by atoms with Crippen LogP contribution in [-0.2, 0) is 0 Å². The first-order valence-corrected chi connectivity index (χ1v) is 5.48. The molecule has 0 radical (unpaired) electrons. The third-order valence-corrected chi connectivity index (χ3v) is 2.74. The molecule has 0 saturated carbocycles. The molecule has 6 heteroatoms. The number of hydrogen-bond donors (Lipinski definition) is 1. The molecule has 3 aromatic rings. The highest BCUT2D eigenvalue weighted by molar-refractivity contribution is 6.30. The van der Waals surface area contributed by atoms with Crippen molar-refractivity contribution in [3.05, 3.63) is 47.1 Å². The fraction of sp³-hybridized carbons (Fsp3) is 0. The third kappa shape index (κ3) is 1.73. The van der Waals surface area contributed by atoms with Crippen LogP contribution in [0.25, 0.3) is 22.6 Å². The van der Waals surface area contributed by atoms with Crippen molar-refractivity contribution in [1.29, 1.82) is 0 Å². The standard InChI is InChI=1S/C12H6ClF2N3/c13-6-1-3-9(16-5-6)12-17-8-4-2-7(14)10(15)11(8)18-12/h1-5H,(H,17,18). The molecule has 0 aliphatic rings. The van der Waals surface area contributed by atoms with Crippen LogP contribution in [0.1, 0.15) is 0 Å². The Bertz CT molecular complexity index is 722. The van der Waals surface area contributed by atoms with Gasteiger partial charge in [0.15, 0.2) is 17.5 Å². The lowest BCUT2D eigenvalue weighted by atomic mass is 10.3. The van der Waals surface area contributed by atoms with E-state index in [-0.39, 0.29) is 5.52 Å². The second-order valence-electron chi connectivity index (χ2n) is 3.70.